The minimum Gasteiger partial charge on any atom is -0.352 e. The van der Waals surface area contributed by atoms with E-state index in [1.165, 1.54) is 38.3 Å². The van der Waals surface area contributed by atoms with Gasteiger partial charge < -0.3 is 9.80 Å². The molecule has 0 saturated heterocycles. The van der Waals surface area contributed by atoms with E-state index >= 15 is 0 Å². The second-order valence-electron chi connectivity index (χ2n) is 5.29. The van der Waals surface area contributed by atoms with Crippen molar-refractivity contribution < 1.29 is 9.28 Å². The molecule has 1 amide bonds. The summed E-state index contributed by atoms with van der Waals surface area (Å²) >= 11 is 0. The number of carbonyl (C=O) groups excluding carboxylic acids is 1. The van der Waals surface area contributed by atoms with Gasteiger partial charge in [-0.1, -0.05) is 26.3 Å². The summed E-state index contributed by atoms with van der Waals surface area (Å²) in [5, 5.41) is 2.81. The van der Waals surface area contributed by atoms with Crippen LogP contribution in [-0.4, -0.2) is 44.1 Å². The molecule has 0 aliphatic heterocycles. The van der Waals surface area contributed by atoms with Gasteiger partial charge in [0.2, 0.25) is 5.91 Å². The Hall–Kier alpha value is -0.830. The summed E-state index contributed by atoms with van der Waals surface area (Å²) in [5.41, 5.74) is 0. The molecule has 3 nitrogen and oxygen atoms in total. The highest BCUT2D eigenvalue weighted by molar-refractivity contribution is 5.86. The Bertz CT molecular complexity index is 224. The predicted octanol–water partition coefficient (Wildman–Crippen LogP) is 2.34. The Labute approximate surface area is 106 Å². The lowest BCUT2D eigenvalue weighted by Crippen LogP contribution is -2.42. The van der Waals surface area contributed by atoms with Crippen molar-refractivity contribution in [3.05, 3.63) is 12.7 Å². The number of nitrogens with one attached hydrogen (secondary N) is 1. The maximum Gasteiger partial charge on any atom is 0.243 e. The summed E-state index contributed by atoms with van der Waals surface area (Å²) in [6.45, 7) is 8.77. The molecular weight excluding hydrogens is 212 g/mol. The summed E-state index contributed by atoms with van der Waals surface area (Å²) < 4.78 is 1.05. The van der Waals surface area contributed by atoms with Gasteiger partial charge in [0.1, 0.15) is 0 Å². The molecule has 0 aliphatic carbocycles. The number of hydrogen-bond donors (Lipinski definition) is 1. The minimum absolute atomic E-state index is 0.0711. The molecule has 0 aromatic carbocycles. The van der Waals surface area contributed by atoms with Gasteiger partial charge in [-0.25, -0.2) is 0 Å². The van der Waals surface area contributed by atoms with Crippen molar-refractivity contribution in [2.75, 3.05) is 33.7 Å². The number of carbonyl (C=O) groups is 1. The van der Waals surface area contributed by atoms with Crippen LogP contribution in [-0.2, 0) is 4.79 Å². The normalized spacial score (nSPS) is 11.2. The van der Waals surface area contributed by atoms with E-state index in [0.29, 0.717) is 0 Å². The monoisotopic (exact) mass is 241 g/mol. The standard InChI is InChI=1S/C14H28N2O/c1-5-7-8-9-12-16(3,4)13-10-11-15-14(17)6-2/h6H,2,5,7-13H2,1,3-4H3/p+1. The van der Waals surface area contributed by atoms with Gasteiger partial charge in [-0.15, -0.1) is 0 Å². The quantitative estimate of drug-likeness (QED) is 0.355. The van der Waals surface area contributed by atoms with Crippen molar-refractivity contribution >= 4 is 5.91 Å². The maximum atomic E-state index is 10.9. The Morgan fingerprint density at radius 2 is 1.82 bits per heavy atom. The van der Waals surface area contributed by atoms with Crippen LogP contribution in [0.25, 0.3) is 0 Å². The van der Waals surface area contributed by atoms with E-state index in [1.807, 2.05) is 0 Å². The Morgan fingerprint density at radius 1 is 1.18 bits per heavy atom. The third-order valence-corrected chi connectivity index (χ3v) is 3.04. The second kappa shape index (κ2) is 9.23. The molecule has 0 radical (unpaired) electrons. The molecular formula is C14H29N2O+. The second-order valence-corrected chi connectivity index (χ2v) is 5.29. The summed E-state index contributed by atoms with van der Waals surface area (Å²) in [7, 11) is 4.53. The predicted molar refractivity (Wildman–Crippen MR) is 73.8 cm³/mol. The fourth-order valence-corrected chi connectivity index (χ4v) is 1.87. The molecule has 0 unspecified atom stereocenters. The van der Waals surface area contributed by atoms with Crippen LogP contribution in [0.15, 0.2) is 12.7 Å². The van der Waals surface area contributed by atoms with Gasteiger partial charge in [0.05, 0.1) is 27.2 Å². The molecule has 0 aromatic heterocycles. The maximum absolute atomic E-state index is 10.9. The number of unbranched alkanes of at least 4 members (excludes halogenated alkanes) is 3. The van der Waals surface area contributed by atoms with Crippen LogP contribution in [0.1, 0.15) is 39.0 Å². The first kappa shape index (κ1) is 16.2. The Morgan fingerprint density at radius 3 is 2.41 bits per heavy atom. The average molecular weight is 241 g/mol. The van der Waals surface area contributed by atoms with E-state index < -0.39 is 0 Å². The van der Waals surface area contributed by atoms with E-state index in [2.05, 4.69) is 32.9 Å². The molecule has 0 heterocycles. The molecule has 0 fully saturated rings. The first-order valence-electron chi connectivity index (χ1n) is 6.74. The van der Waals surface area contributed by atoms with Crippen LogP contribution in [0.2, 0.25) is 0 Å². The Kier molecular flexibility index (Phi) is 8.78. The van der Waals surface area contributed by atoms with E-state index in [1.54, 1.807) is 0 Å². The molecule has 0 atom stereocenters. The van der Waals surface area contributed by atoms with Gasteiger partial charge in [0, 0.05) is 13.0 Å². The van der Waals surface area contributed by atoms with Crippen LogP contribution in [0.4, 0.5) is 0 Å². The SMILES string of the molecule is C=CC(=O)NCCC[N+](C)(C)CCCCCC. The van der Waals surface area contributed by atoms with Crippen LogP contribution in [0.5, 0.6) is 0 Å². The van der Waals surface area contributed by atoms with Gasteiger partial charge in [0.15, 0.2) is 0 Å². The minimum atomic E-state index is -0.0711. The Balaban J connectivity index is 3.56. The lowest BCUT2D eigenvalue weighted by Gasteiger charge is -2.30. The first-order chi connectivity index (χ1) is 8.02. The molecule has 100 valence electrons. The highest BCUT2D eigenvalue weighted by Gasteiger charge is 2.13. The van der Waals surface area contributed by atoms with E-state index in [-0.39, 0.29) is 5.91 Å². The number of rotatable bonds is 10. The topological polar surface area (TPSA) is 29.1 Å². The number of quaternary nitrogens is 1. The highest BCUT2D eigenvalue weighted by Crippen LogP contribution is 2.06. The number of nitrogens with zero attached hydrogens (tertiary/aromatic N) is 1. The van der Waals surface area contributed by atoms with Crippen molar-refractivity contribution in [2.45, 2.75) is 39.0 Å². The molecule has 0 aliphatic rings. The summed E-state index contributed by atoms with van der Waals surface area (Å²) in [6, 6.07) is 0. The fourth-order valence-electron chi connectivity index (χ4n) is 1.87. The summed E-state index contributed by atoms with van der Waals surface area (Å²) in [6.07, 6.45) is 7.63. The molecule has 0 aromatic rings. The van der Waals surface area contributed by atoms with Gasteiger partial charge >= 0.3 is 0 Å². The number of amides is 1. The van der Waals surface area contributed by atoms with Crippen LogP contribution in [0.3, 0.4) is 0 Å². The van der Waals surface area contributed by atoms with Crippen LogP contribution < -0.4 is 5.32 Å². The molecule has 3 heteroatoms. The van der Waals surface area contributed by atoms with Crippen molar-refractivity contribution in [3.63, 3.8) is 0 Å². The summed E-state index contributed by atoms with van der Waals surface area (Å²) in [4.78, 5) is 10.9. The zero-order valence-electron chi connectivity index (χ0n) is 11.8. The molecule has 0 saturated carbocycles. The van der Waals surface area contributed by atoms with Gasteiger partial charge in [-0.2, -0.15) is 0 Å². The molecule has 17 heavy (non-hydrogen) atoms. The van der Waals surface area contributed by atoms with E-state index in [4.69, 9.17) is 0 Å². The third-order valence-electron chi connectivity index (χ3n) is 3.04. The smallest absolute Gasteiger partial charge is 0.243 e. The average Bonchev–Trinajstić information content (AvgIpc) is 2.30. The van der Waals surface area contributed by atoms with Crippen molar-refractivity contribution in [1.82, 2.24) is 5.32 Å². The van der Waals surface area contributed by atoms with E-state index in [0.717, 1.165) is 24.0 Å². The molecule has 0 rings (SSSR count). The lowest BCUT2D eigenvalue weighted by atomic mass is 10.2. The zero-order chi connectivity index (χ0) is 13.1. The van der Waals surface area contributed by atoms with Crippen molar-refractivity contribution in [1.29, 1.82) is 0 Å². The van der Waals surface area contributed by atoms with Crippen molar-refractivity contribution in [3.8, 4) is 0 Å². The van der Waals surface area contributed by atoms with Gasteiger partial charge in [0.25, 0.3) is 0 Å². The van der Waals surface area contributed by atoms with Crippen LogP contribution in [0, 0.1) is 0 Å². The van der Waals surface area contributed by atoms with E-state index in [9.17, 15) is 4.79 Å². The van der Waals surface area contributed by atoms with Gasteiger partial charge in [-0.3, -0.25) is 4.79 Å². The largest absolute Gasteiger partial charge is 0.352 e. The lowest BCUT2D eigenvalue weighted by molar-refractivity contribution is -0.890. The first-order valence-corrected chi connectivity index (χ1v) is 6.74. The fraction of sp³-hybridized carbons (Fsp3) is 0.786. The van der Waals surface area contributed by atoms with Crippen molar-refractivity contribution in [2.24, 2.45) is 0 Å². The molecule has 1 N–H and O–H groups in total. The highest BCUT2D eigenvalue weighted by atomic mass is 16.1. The summed E-state index contributed by atoms with van der Waals surface area (Å²) in [5.74, 6) is -0.0711. The van der Waals surface area contributed by atoms with Crippen LogP contribution >= 0.6 is 0 Å². The zero-order valence-corrected chi connectivity index (χ0v) is 11.8. The molecule has 0 spiro atoms. The molecule has 0 bridgehead atoms. The number of hydrogen-bond acceptors (Lipinski definition) is 1. The third kappa shape index (κ3) is 10.1. The van der Waals surface area contributed by atoms with Gasteiger partial charge in [-0.05, 0) is 18.9 Å².